The zero-order valence-electron chi connectivity index (χ0n) is 14.6. The number of hydrogen-bond donors (Lipinski definition) is 2. The first kappa shape index (κ1) is 18.8. The maximum atomic E-state index is 12.9. The van der Waals surface area contributed by atoms with Crippen LogP contribution >= 0.6 is 0 Å². The van der Waals surface area contributed by atoms with Gasteiger partial charge in [0, 0.05) is 5.69 Å². The van der Waals surface area contributed by atoms with Crippen LogP contribution in [0.1, 0.15) is 44.7 Å². The molecule has 0 aromatic heterocycles. The number of halogens is 3. The molecule has 1 amide bonds. The van der Waals surface area contributed by atoms with Crippen LogP contribution < -0.4 is 10.6 Å². The van der Waals surface area contributed by atoms with E-state index in [0.717, 1.165) is 11.1 Å². The minimum absolute atomic E-state index is 0.0198. The molecular weight excluding hydrogens is 317 g/mol. The summed E-state index contributed by atoms with van der Waals surface area (Å²) in [6, 6.07) is 4.79. The van der Waals surface area contributed by atoms with Crippen molar-refractivity contribution in [2.75, 3.05) is 11.9 Å². The lowest BCUT2D eigenvalue weighted by atomic mass is 9.84. The fourth-order valence-corrected chi connectivity index (χ4v) is 3.15. The van der Waals surface area contributed by atoms with E-state index in [2.05, 4.69) is 31.4 Å². The van der Waals surface area contributed by atoms with Crippen molar-refractivity contribution in [3.05, 3.63) is 29.3 Å². The highest BCUT2D eigenvalue weighted by Gasteiger charge is 2.43. The Morgan fingerprint density at radius 3 is 2.50 bits per heavy atom. The van der Waals surface area contributed by atoms with Crippen molar-refractivity contribution in [1.29, 1.82) is 0 Å². The number of rotatable bonds is 2. The number of alkyl halides is 3. The second-order valence-corrected chi connectivity index (χ2v) is 7.54. The summed E-state index contributed by atoms with van der Waals surface area (Å²) in [7, 11) is 0. The number of amides is 1. The topological polar surface area (TPSA) is 41.1 Å². The second-order valence-electron chi connectivity index (χ2n) is 7.54. The van der Waals surface area contributed by atoms with Gasteiger partial charge in [-0.15, -0.1) is 0 Å². The highest BCUT2D eigenvalue weighted by molar-refractivity contribution is 5.95. The Balaban J connectivity index is 2.10. The second kappa shape index (κ2) is 6.75. The molecule has 2 atom stereocenters. The predicted octanol–water partition coefficient (Wildman–Crippen LogP) is 4.16. The molecular formula is C18H25F3N2O. The van der Waals surface area contributed by atoms with Crippen LogP contribution in [-0.4, -0.2) is 24.7 Å². The zero-order chi connectivity index (χ0) is 18.1. The van der Waals surface area contributed by atoms with Crippen molar-refractivity contribution in [2.24, 2.45) is 5.92 Å². The van der Waals surface area contributed by atoms with Crippen LogP contribution in [0.4, 0.5) is 18.9 Å². The summed E-state index contributed by atoms with van der Waals surface area (Å²) in [5.74, 6) is -1.83. The van der Waals surface area contributed by atoms with Crippen molar-refractivity contribution >= 4 is 11.6 Å². The normalized spacial score (nSPS) is 22.3. The third kappa shape index (κ3) is 4.50. The van der Waals surface area contributed by atoms with E-state index in [9.17, 15) is 18.0 Å². The minimum Gasteiger partial charge on any atom is -0.325 e. The van der Waals surface area contributed by atoms with Crippen molar-refractivity contribution in [1.82, 2.24) is 5.32 Å². The van der Waals surface area contributed by atoms with Gasteiger partial charge >= 0.3 is 6.18 Å². The molecule has 0 spiro atoms. The Kier molecular flexibility index (Phi) is 5.28. The molecule has 1 aromatic carbocycles. The quantitative estimate of drug-likeness (QED) is 0.847. The maximum Gasteiger partial charge on any atom is 0.391 e. The average Bonchev–Trinajstić information content (AvgIpc) is 2.47. The minimum atomic E-state index is -4.25. The van der Waals surface area contributed by atoms with Gasteiger partial charge in [-0.05, 0) is 55.0 Å². The monoisotopic (exact) mass is 342 g/mol. The Morgan fingerprint density at radius 2 is 1.92 bits per heavy atom. The summed E-state index contributed by atoms with van der Waals surface area (Å²) in [4.78, 5) is 12.3. The molecule has 2 rings (SSSR count). The van der Waals surface area contributed by atoms with E-state index in [1.807, 2.05) is 19.1 Å². The number of anilines is 1. The Hall–Kier alpha value is -1.56. The maximum absolute atomic E-state index is 12.9. The Morgan fingerprint density at radius 1 is 1.25 bits per heavy atom. The van der Waals surface area contributed by atoms with Crippen LogP contribution in [-0.2, 0) is 10.2 Å². The molecule has 1 aromatic rings. The van der Waals surface area contributed by atoms with Gasteiger partial charge in [0.1, 0.15) is 0 Å². The smallest absolute Gasteiger partial charge is 0.325 e. The van der Waals surface area contributed by atoms with Gasteiger partial charge in [0.25, 0.3) is 0 Å². The van der Waals surface area contributed by atoms with Crippen LogP contribution in [0, 0.1) is 12.8 Å². The molecule has 0 bridgehead atoms. The molecule has 2 unspecified atom stereocenters. The Bertz CT molecular complexity index is 605. The first-order valence-corrected chi connectivity index (χ1v) is 8.20. The first-order valence-electron chi connectivity index (χ1n) is 8.20. The van der Waals surface area contributed by atoms with Gasteiger partial charge in [-0.3, -0.25) is 4.79 Å². The van der Waals surface area contributed by atoms with E-state index < -0.39 is 24.0 Å². The van der Waals surface area contributed by atoms with Gasteiger partial charge in [0.15, 0.2) is 0 Å². The lowest BCUT2D eigenvalue weighted by molar-refractivity contribution is -0.183. The summed E-state index contributed by atoms with van der Waals surface area (Å²) >= 11 is 0. The third-order valence-corrected chi connectivity index (χ3v) is 4.50. The van der Waals surface area contributed by atoms with Gasteiger partial charge in [0.05, 0.1) is 12.0 Å². The zero-order valence-corrected chi connectivity index (χ0v) is 14.6. The molecule has 134 valence electrons. The summed E-state index contributed by atoms with van der Waals surface area (Å²) in [5.41, 5.74) is 2.76. The van der Waals surface area contributed by atoms with Crippen molar-refractivity contribution in [3.63, 3.8) is 0 Å². The highest BCUT2D eigenvalue weighted by atomic mass is 19.4. The molecule has 2 N–H and O–H groups in total. The molecule has 1 heterocycles. The molecule has 1 fully saturated rings. The SMILES string of the molecule is Cc1ccc(NC(=O)C2CC(C(F)(F)F)CCN2)cc1C(C)(C)C. The molecule has 1 saturated heterocycles. The number of carbonyl (C=O) groups excluding carboxylic acids is 1. The standard InChI is InChI=1S/C18H25F3N2O/c1-11-5-6-13(10-14(11)17(2,3)4)23-16(24)15-9-12(7-8-22-15)18(19,20)21/h5-6,10,12,15,22H,7-9H2,1-4H3,(H,23,24). The molecule has 6 heteroatoms. The molecule has 0 saturated carbocycles. The summed E-state index contributed by atoms with van der Waals surface area (Å²) in [5, 5.41) is 5.64. The van der Waals surface area contributed by atoms with Crippen LogP contribution in [0.5, 0.6) is 0 Å². The van der Waals surface area contributed by atoms with Gasteiger partial charge < -0.3 is 10.6 Å². The van der Waals surface area contributed by atoms with Gasteiger partial charge in [-0.2, -0.15) is 13.2 Å². The summed E-state index contributed by atoms with van der Waals surface area (Å²) in [6.45, 7) is 8.44. The molecule has 0 aliphatic carbocycles. The van der Waals surface area contributed by atoms with E-state index in [1.165, 1.54) is 0 Å². The first-order chi connectivity index (χ1) is 11.0. The summed E-state index contributed by atoms with van der Waals surface area (Å²) in [6.07, 6.45) is -4.44. The van der Waals surface area contributed by atoms with Crippen LogP contribution in [0.3, 0.4) is 0 Å². The highest BCUT2D eigenvalue weighted by Crippen LogP contribution is 2.34. The predicted molar refractivity (Wildman–Crippen MR) is 89.1 cm³/mol. The number of piperidine rings is 1. The lowest BCUT2D eigenvalue weighted by Gasteiger charge is -2.31. The number of carbonyl (C=O) groups is 1. The fourth-order valence-electron chi connectivity index (χ4n) is 3.15. The van der Waals surface area contributed by atoms with Crippen molar-refractivity contribution in [2.45, 2.75) is 58.2 Å². The number of nitrogens with one attached hydrogen (secondary N) is 2. The van der Waals surface area contributed by atoms with E-state index in [4.69, 9.17) is 0 Å². The van der Waals surface area contributed by atoms with Crippen molar-refractivity contribution < 1.29 is 18.0 Å². The van der Waals surface area contributed by atoms with Crippen LogP contribution in [0.25, 0.3) is 0 Å². The molecule has 24 heavy (non-hydrogen) atoms. The van der Waals surface area contributed by atoms with E-state index in [0.29, 0.717) is 5.69 Å². The number of benzene rings is 1. The van der Waals surface area contributed by atoms with Gasteiger partial charge in [0.2, 0.25) is 5.91 Å². The Labute approximate surface area is 141 Å². The van der Waals surface area contributed by atoms with Crippen molar-refractivity contribution in [3.8, 4) is 0 Å². The third-order valence-electron chi connectivity index (χ3n) is 4.50. The number of aryl methyl sites for hydroxylation is 1. The molecule has 3 nitrogen and oxygen atoms in total. The number of hydrogen-bond acceptors (Lipinski definition) is 2. The molecule has 1 aliphatic rings. The van der Waals surface area contributed by atoms with Gasteiger partial charge in [-0.1, -0.05) is 26.8 Å². The van der Waals surface area contributed by atoms with Crippen LogP contribution in [0.2, 0.25) is 0 Å². The van der Waals surface area contributed by atoms with Crippen LogP contribution in [0.15, 0.2) is 18.2 Å². The van der Waals surface area contributed by atoms with Gasteiger partial charge in [-0.25, -0.2) is 0 Å². The van der Waals surface area contributed by atoms with E-state index in [-0.39, 0.29) is 24.8 Å². The largest absolute Gasteiger partial charge is 0.391 e. The molecule has 0 radical (unpaired) electrons. The fraction of sp³-hybridized carbons (Fsp3) is 0.611. The molecule has 1 aliphatic heterocycles. The lowest BCUT2D eigenvalue weighted by Crippen LogP contribution is -2.48. The van der Waals surface area contributed by atoms with E-state index >= 15 is 0 Å². The van der Waals surface area contributed by atoms with E-state index in [1.54, 1.807) is 6.07 Å². The summed E-state index contributed by atoms with van der Waals surface area (Å²) < 4.78 is 38.6. The average molecular weight is 342 g/mol.